The Morgan fingerprint density at radius 3 is 1.20 bits per heavy atom. The first-order valence-electron chi connectivity index (χ1n) is 15.0. The number of para-hydroxylation sites is 4. The normalized spacial score (nSPS) is 11.2. The maximum Gasteiger partial charge on any atom is 0.0541 e. The van der Waals surface area contributed by atoms with Crippen LogP contribution in [0.4, 0.5) is 17.1 Å². The zero-order chi connectivity index (χ0) is 29.3. The SMILES string of the molecule is c1ccc(N(c2ccccc2)c2ccc(-c3ccccc3-c3ccc(-n4c5ccccc5c5ccccc54)cc3)cc2)cc1. The fraction of sp³-hybridized carbons (Fsp3) is 0. The smallest absolute Gasteiger partial charge is 0.0541 e. The van der Waals surface area contributed by atoms with Gasteiger partial charge in [0.2, 0.25) is 0 Å². The molecular formula is C42H30N2. The lowest BCUT2D eigenvalue weighted by atomic mass is 9.94. The lowest BCUT2D eigenvalue weighted by Gasteiger charge is -2.25. The van der Waals surface area contributed by atoms with Crippen LogP contribution in [0.3, 0.4) is 0 Å². The summed E-state index contributed by atoms with van der Waals surface area (Å²) in [6.45, 7) is 0. The van der Waals surface area contributed by atoms with Gasteiger partial charge in [-0.15, -0.1) is 0 Å². The molecule has 7 aromatic carbocycles. The molecule has 0 amide bonds. The van der Waals surface area contributed by atoms with Crippen molar-refractivity contribution in [3.8, 4) is 27.9 Å². The van der Waals surface area contributed by atoms with E-state index >= 15 is 0 Å². The van der Waals surface area contributed by atoms with Gasteiger partial charge in [-0.2, -0.15) is 0 Å². The molecule has 44 heavy (non-hydrogen) atoms. The number of benzene rings is 7. The van der Waals surface area contributed by atoms with Crippen LogP contribution in [0, 0.1) is 0 Å². The van der Waals surface area contributed by atoms with Gasteiger partial charge in [-0.1, -0.05) is 121 Å². The molecule has 1 heterocycles. The molecule has 0 bridgehead atoms. The van der Waals surface area contributed by atoms with Gasteiger partial charge < -0.3 is 9.47 Å². The summed E-state index contributed by atoms with van der Waals surface area (Å²) in [7, 11) is 0. The molecule has 0 aliphatic heterocycles. The van der Waals surface area contributed by atoms with Crippen molar-refractivity contribution in [2.24, 2.45) is 0 Å². The zero-order valence-corrected chi connectivity index (χ0v) is 24.2. The van der Waals surface area contributed by atoms with E-state index in [0.717, 1.165) is 22.7 Å². The molecular weight excluding hydrogens is 532 g/mol. The minimum atomic E-state index is 1.12. The van der Waals surface area contributed by atoms with Gasteiger partial charge in [0.15, 0.2) is 0 Å². The molecule has 208 valence electrons. The molecule has 0 radical (unpaired) electrons. The molecule has 0 fully saturated rings. The van der Waals surface area contributed by atoms with E-state index in [9.17, 15) is 0 Å². The summed E-state index contributed by atoms with van der Waals surface area (Å²) >= 11 is 0. The summed E-state index contributed by atoms with van der Waals surface area (Å²) in [5.41, 5.74) is 11.8. The average Bonchev–Trinajstić information content (AvgIpc) is 3.44. The second-order valence-electron chi connectivity index (χ2n) is 11.0. The Hall–Kier alpha value is -5.86. The van der Waals surface area contributed by atoms with Crippen molar-refractivity contribution in [1.82, 2.24) is 4.57 Å². The highest BCUT2D eigenvalue weighted by molar-refractivity contribution is 6.09. The lowest BCUT2D eigenvalue weighted by molar-refractivity contribution is 1.18. The minimum absolute atomic E-state index is 1.12. The Morgan fingerprint density at radius 1 is 0.318 bits per heavy atom. The Balaban J connectivity index is 1.16. The largest absolute Gasteiger partial charge is 0.311 e. The summed E-state index contributed by atoms with van der Waals surface area (Å²) in [5, 5.41) is 2.55. The third-order valence-electron chi connectivity index (χ3n) is 8.41. The summed E-state index contributed by atoms with van der Waals surface area (Å²) in [6, 6.07) is 65.0. The van der Waals surface area contributed by atoms with E-state index < -0.39 is 0 Å². The van der Waals surface area contributed by atoms with Crippen LogP contribution < -0.4 is 4.90 Å². The Labute approximate surface area is 257 Å². The Bertz CT molecular complexity index is 2100. The van der Waals surface area contributed by atoms with Crippen LogP contribution in [0.2, 0.25) is 0 Å². The minimum Gasteiger partial charge on any atom is -0.311 e. The van der Waals surface area contributed by atoms with Crippen molar-refractivity contribution in [3.05, 3.63) is 182 Å². The summed E-state index contributed by atoms with van der Waals surface area (Å²) in [6.07, 6.45) is 0. The van der Waals surface area contributed by atoms with Gasteiger partial charge in [-0.3, -0.25) is 0 Å². The van der Waals surface area contributed by atoms with Crippen LogP contribution in [0.15, 0.2) is 182 Å². The molecule has 8 aromatic rings. The van der Waals surface area contributed by atoms with Crippen molar-refractivity contribution in [2.75, 3.05) is 4.90 Å². The Morgan fingerprint density at radius 2 is 0.705 bits per heavy atom. The molecule has 0 aliphatic carbocycles. The zero-order valence-electron chi connectivity index (χ0n) is 24.2. The molecule has 0 saturated carbocycles. The molecule has 0 N–H and O–H groups in total. The Kier molecular flexibility index (Phi) is 6.51. The molecule has 8 rings (SSSR count). The number of rotatable bonds is 6. The number of hydrogen-bond acceptors (Lipinski definition) is 1. The van der Waals surface area contributed by atoms with E-state index in [0.29, 0.717) is 0 Å². The highest BCUT2D eigenvalue weighted by Gasteiger charge is 2.14. The van der Waals surface area contributed by atoms with E-state index in [1.807, 2.05) is 0 Å². The van der Waals surface area contributed by atoms with E-state index in [4.69, 9.17) is 0 Å². The molecule has 0 unspecified atom stereocenters. The van der Waals surface area contributed by atoms with E-state index in [1.54, 1.807) is 0 Å². The first kappa shape index (κ1) is 25.8. The van der Waals surface area contributed by atoms with E-state index in [2.05, 4.69) is 191 Å². The van der Waals surface area contributed by atoms with Crippen LogP contribution in [0.1, 0.15) is 0 Å². The predicted molar refractivity (Wildman–Crippen MR) is 186 cm³/mol. The maximum atomic E-state index is 2.37. The molecule has 0 spiro atoms. The molecule has 0 atom stereocenters. The van der Waals surface area contributed by atoms with Gasteiger partial charge in [0.25, 0.3) is 0 Å². The van der Waals surface area contributed by atoms with Crippen molar-refractivity contribution >= 4 is 38.9 Å². The third-order valence-corrected chi connectivity index (χ3v) is 8.41. The van der Waals surface area contributed by atoms with Gasteiger partial charge in [0.05, 0.1) is 11.0 Å². The maximum absolute atomic E-state index is 2.37. The average molecular weight is 563 g/mol. The van der Waals surface area contributed by atoms with Crippen molar-refractivity contribution in [2.45, 2.75) is 0 Å². The molecule has 0 aliphatic rings. The number of anilines is 3. The number of nitrogens with zero attached hydrogens (tertiary/aromatic N) is 2. The molecule has 0 saturated heterocycles. The van der Waals surface area contributed by atoms with Crippen LogP contribution in [-0.2, 0) is 0 Å². The second-order valence-corrected chi connectivity index (χ2v) is 11.0. The van der Waals surface area contributed by atoms with Crippen LogP contribution >= 0.6 is 0 Å². The molecule has 1 aromatic heterocycles. The summed E-state index contributed by atoms with van der Waals surface area (Å²) < 4.78 is 2.37. The first-order valence-corrected chi connectivity index (χ1v) is 15.0. The van der Waals surface area contributed by atoms with E-state index in [1.165, 1.54) is 44.1 Å². The highest BCUT2D eigenvalue weighted by Crippen LogP contribution is 2.38. The number of fused-ring (bicyclic) bond motifs is 3. The van der Waals surface area contributed by atoms with Gasteiger partial charge in [-0.25, -0.2) is 0 Å². The summed E-state index contributed by atoms with van der Waals surface area (Å²) in [5.74, 6) is 0. The first-order chi connectivity index (χ1) is 21.8. The topological polar surface area (TPSA) is 8.17 Å². The van der Waals surface area contributed by atoms with Crippen molar-refractivity contribution < 1.29 is 0 Å². The lowest BCUT2D eigenvalue weighted by Crippen LogP contribution is -2.09. The fourth-order valence-electron chi connectivity index (χ4n) is 6.37. The number of hydrogen-bond donors (Lipinski definition) is 0. The quantitative estimate of drug-likeness (QED) is 0.196. The van der Waals surface area contributed by atoms with Crippen LogP contribution in [-0.4, -0.2) is 4.57 Å². The monoisotopic (exact) mass is 562 g/mol. The highest BCUT2D eigenvalue weighted by atomic mass is 15.1. The fourth-order valence-corrected chi connectivity index (χ4v) is 6.37. The standard InChI is InChI=1S/C42H30N2/c1-3-13-33(14-4-1)43(34-15-5-2-6-16-34)35-27-23-31(24-28-35)37-17-7-8-18-38(37)32-25-29-36(30-26-32)44-41-21-11-9-19-39(41)40-20-10-12-22-42(40)44/h1-30H. The van der Waals surface area contributed by atoms with Gasteiger partial charge in [-0.05, 0) is 82.9 Å². The summed E-state index contributed by atoms with van der Waals surface area (Å²) in [4.78, 5) is 2.29. The van der Waals surface area contributed by atoms with Crippen LogP contribution in [0.5, 0.6) is 0 Å². The van der Waals surface area contributed by atoms with Gasteiger partial charge >= 0.3 is 0 Å². The molecule has 2 heteroatoms. The van der Waals surface area contributed by atoms with Gasteiger partial charge in [0.1, 0.15) is 0 Å². The van der Waals surface area contributed by atoms with Gasteiger partial charge in [0, 0.05) is 33.5 Å². The van der Waals surface area contributed by atoms with Crippen molar-refractivity contribution in [1.29, 1.82) is 0 Å². The third kappa shape index (κ3) is 4.54. The number of aromatic nitrogens is 1. The predicted octanol–water partition coefficient (Wildman–Crippen LogP) is 11.6. The van der Waals surface area contributed by atoms with E-state index in [-0.39, 0.29) is 0 Å². The van der Waals surface area contributed by atoms with Crippen LogP contribution in [0.25, 0.3) is 49.7 Å². The second kappa shape index (κ2) is 11.1. The van der Waals surface area contributed by atoms with Crippen molar-refractivity contribution in [3.63, 3.8) is 0 Å². The molecule has 2 nitrogen and oxygen atoms in total.